The van der Waals surface area contributed by atoms with Crippen molar-refractivity contribution < 1.29 is 9.21 Å². The molecule has 15 heavy (non-hydrogen) atoms. The van der Waals surface area contributed by atoms with Crippen LogP contribution in [0.1, 0.15) is 37.1 Å². The van der Waals surface area contributed by atoms with Crippen molar-refractivity contribution in [1.82, 2.24) is 5.32 Å². The highest BCUT2D eigenvalue weighted by molar-refractivity contribution is 5.79. The van der Waals surface area contributed by atoms with Gasteiger partial charge in [-0.3, -0.25) is 10.1 Å². The van der Waals surface area contributed by atoms with Crippen molar-refractivity contribution in [2.24, 2.45) is 5.73 Å². The first-order chi connectivity index (χ1) is 7.18. The number of rotatable bonds is 3. The van der Waals surface area contributed by atoms with E-state index in [0.29, 0.717) is 0 Å². The van der Waals surface area contributed by atoms with Crippen LogP contribution in [0.4, 0.5) is 0 Å². The number of hydrogen-bond acceptors (Lipinski definition) is 3. The minimum absolute atomic E-state index is 0.204. The Balaban J connectivity index is 2.09. The van der Waals surface area contributed by atoms with E-state index < -0.39 is 0 Å². The number of hydrogen-bond donors (Lipinski definition) is 2. The number of amides is 1. The van der Waals surface area contributed by atoms with Crippen molar-refractivity contribution in [2.75, 3.05) is 0 Å². The Bertz CT molecular complexity index is 359. The highest BCUT2D eigenvalue weighted by atomic mass is 16.3. The summed E-state index contributed by atoms with van der Waals surface area (Å²) < 4.78 is 5.37. The molecule has 2 unspecified atom stereocenters. The molecule has 82 valence electrons. The molecule has 2 atom stereocenters. The molecule has 0 radical (unpaired) electrons. The van der Waals surface area contributed by atoms with Crippen LogP contribution in [-0.2, 0) is 11.2 Å². The Morgan fingerprint density at radius 3 is 3.27 bits per heavy atom. The summed E-state index contributed by atoms with van der Waals surface area (Å²) in [6, 6.07) is 1.88. The fraction of sp³-hybridized carbons (Fsp3) is 0.545. The van der Waals surface area contributed by atoms with Gasteiger partial charge in [0.25, 0.3) is 0 Å². The number of carbonyl (C=O) groups is 1. The molecule has 2 rings (SSSR count). The van der Waals surface area contributed by atoms with Gasteiger partial charge in [-0.2, -0.15) is 0 Å². The minimum atomic E-state index is -0.314. The first-order valence-electron chi connectivity index (χ1n) is 5.30. The van der Waals surface area contributed by atoms with E-state index >= 15 is 0 Å². The largest absolute Gasteiger partial charge is 0.469 e. The standard InChI is InChI=1S/C11H16N2O2/c1-7(11(12)14)13-9-3-2-4-10-8(9)5-6-15-10/h5-7,9,13H,2-4H2,1H3,(H2,12,14). The average Bonchev–Trinajstić information content (AvgIpc) is 2.66. The molecule has 0 aliphatic heterocycles. The second-order valence-electron chi connectivity index (χ2n) is 4.03. The lowest BCUT2D eigenvalue weighted by molar-refractivity contribution is -0.119. The molecule has 0 aromatic carbocycles. The van der Waals surface area contributed by atoms with Gasteiger partial charge in [-0.1, -0.05) is 0 Å². The number of nitrogens with two attached hydrogens (primary N) is 1. The molecule has 1 aliphatic rings. The Hall–Kier alpha value is -1.29. The van der Waals surface area contributed by atoms with E-state index in [1.165, 1.54) is 5.56 Å². The molecule has 0 fully saturated rings. The molecular weight excluding hydrogens is 192 g/mol. The van der Waals surface area contributed by atoms with Crippen LogP contribution < -0.4 is 11.1 Å². The van der Waals surface area contributed by atoms with Crippen LogP contribution in [0.3, 0.4) is 0 Å². The zero-order valence-electron chi connectivity index (χ0n) is 8.82. The van der Waals surface area contributed by atoms with Crippen LogP contribution in [0, 0.1) is 0 Å². The summed E-state index contributed by atoms with van der Waals surface area (Å²) in [7, 11) is 0. The summed E-state index contributed by atoms with van der Waals surface area (Å²) in [5.74, 6) is 0.723. The van der Waals surface area contributed by atoms with Gasteiger partial charge < -0.3 is 10.2 Å². The Morgan fingerprint density at radius 1 is 1.73 bits per heavy atom. The summed E-state index contributed by atoms with van der Waals surface area (Å²) >= 11 is 0. The third-order valence-electron chi connectivity index (χ3n) is 2.93. The number of furan rings is 1. The molecule has 4 nitrogen and oxygen atoms in total. The van der Waals surface area contributed by atoms with Crippen LogP contribution in [0.2, 0.25) is 0 Å². The number of primary amides is 1. The van der Waals surface area contributed by atoms with E-state index in [-0.39, 0.29) is 18.0 Å². The quantitative estimate of drug-likeness (QED) is 0.782. The van der Waals surface area contributed by atoms with E-state index in [1.54, 1.807) is 13.2 Å². The number of carbonyl (C=O) groups excluding carboxylic acids is 1. The Morgan fingerprint density at radius 2 is 2.53 bits per heavy atom. The highest BCUT2D eigenvalue weighted by Crippen LogP contribution is 2.30. The van der Waals surface area contributed by atoms with Crippen LogP contribution >= 0.6 is 0 Å². The second-order valence-corrected chi connectivity index (χ2v) is 4.03. The SMILES string of the molecule is CC(NC1CCCc2occc21)C(N)=O. The van der Waals surface area contributed by atoms with Crippen molar-refractivity contribution in [3.05, 3.63) is 23.7 Å². The minimum Gasteiger partial charge on any atom is -0.469 e. The Kier molecular flexibility index (Phi) is 2.77. The fourth-order valence-electron chi connectivity index (χ4n) is 2.04. The average molecular weight is 208 g/mol. The normalized spacial score (nSPS) is 22.1. The topological polar surface area (TPSA) is 68.3 Å². The second kappa shape index (κ2) is 4.06. The summed E-state index contributed by atoms with van der Waals surface area (Å²) in [6.45, 7) is 1.79. The van der Waals surface area contributed by atoms with Crippen molar-refractivity contribution in [3.8, 4) is 0 Å². The predicted octanol–water partition coefficient (Wildman–Crippen LogP) is 1.12. The van der Waals surface area contributed by atoms with Crippen molar-refractivity contribution in [2.45, 2.75) is 38.3 Å². The van der Waals surface area contributed by atoms with Gasteiger partial charge in [0, 0.05) is 18.0 Å². The number of nitrogens with one attached hydrogen (secondary N) is 1. The molecule has 0 saturated carbocycles. The molecule has 4 heteroatoms. The van der Waals surface area contributed by atoms with Crippen LogP contribution in [0.5, 0.6) is 0 Å². The third-order valence-corrected chi connectivity index (χ3v) is 2.93. The zero-order chi connectivity index (χ0) is 10.8. The third kappa shape index (κ3) is 2.04. The van der Waals surface area contributed by atoms with Crippen molar-refractivity contribution in [3.63, 3.8) is 0 Å². The lowest BCUT2D eigenvalue weighted by Gasteiger charge is -2.25. The van der Waals surface area contributed by atoms with E-state index in [4.69, 9.17) is 10.2 Å². The van der Waals surface area contributed by atoms with Gasteiger partial charge in [-0.15, -0.1) is 0 Å². The molecular formula is C11H16N2O2. The molecule has 1 amide bonds. The fourth-order valence-corrected chi connectivity index (χ4v) is 2.04. The number of fused-ring (bicyclic) bond motifs is 1. The molecule has 1 aromatic heterocycles. The predicted molar refractivity (Wildman–Crippen MR) is 56.2 cm³/mol. The molecule has 0 saturated heterocycles. The molecule has 0 bridgehead atoms. The zero-order valence-corrected chi connectivity index (χ0v) is 8.82. The maximum atomic E-state index is 11.0. The molecule has 1 heterocycles. The van der Waals surface area contributed by atoms with Crippen molar-refractivity contribution >= 4 is 5.91 Å². The van der Waals surface area contributed by atoms with Crippen LogP contribution in [-0.4, -0.2) is 11.9 Å². The first-order valence-corrected chi connectivity index (χ1v) is 5.30. The molecule has 3 N–H and O–H groups in total. The van der Waals surface area contributed by atoms with Crippen LogP contribution in [0.25, 0.3) is 0 Å². The molecule has 0 spiro atoms. The summed E-state index contributed by atoms with van der Waals surface area (Å²) in [5, 5.41) is 3.23. The maximum absolute atomic E-state index is 11.0. The van der Waals surface area contributed by atoms with E-state index in [1.807, 2.05) is 6.07 Å². The molecule has 1 aliphatic carbocycles. The van der Waals surface area contributed by atoms with Gasteiger partial charge in [-0.05, 0) is 25.8 Å². The van der Waals surface area contributed by atoms with E-state index in [2.05, 4.69) is 5.32 Å². The highest BCUT2D eigenvalue weighted by Gasteiger charge is 2.24. The lowest BCUT2D eigenvalue weighted by Crippen LogP contribution is -2.41. The van der Waals surface area contributed by atoms with Gasteiger partial charge in [0.1, 0.15) is 5.76 Å². The maximum Gasteiger partial charge on any atom is 0.234 e. The summed E-state index contributed by atoms with van der Waals surface area (Å²) in [5.41, 5.74) is 6.40. The summed E-state index contributed by atoms with van der Waals surface area (Å²) in [4.78, 5) is 11.0. The monoisotopic (exact) mass is 208 g/mol. The van der Waals surface area contributed by atoms with Gasteiger partial charge >= 0.3 is 0 Å². The smallest absolute Gasteiger partial charge is 0.234 e. The van der Waals surface area contributed by atoms with Crippen molar-refractivity contribution in [1.29, 1.82) is 0 Å². The van der Waals surface area contributed by atoms with Gasteiger partial charge in [-0.25, -0.2) is 0 Å². The van der Waals surface area contributed by atoms with Gasteiger partial charge in [0.2, 0.25) is 5.91 Å². The molecule has 1 aromatic rings. The van der Waals surface area contributed by atoms with Crippen LogP contribution in [0.15, 0.2) is 16.7 Å². The van der Waals surface area contributed by atoms with E-state index in [0.717, 1.165) is 25.0 Å². The van der Waals surface area contributed by atoms with Gasteiger partial charge in [0.15, 0.2) is 0 Å². The Labute approximate surface area is 88.8 Å². The summed E-state index contributed by atoms with van der Waals surface area (Å²) in [6.07, 6.45) is 4.82. The lowest BCUT2D eigenvalue weighted by atomic mass is 9.93. The number of aryl methyl sites for hydroxylation is 1. The first kappa shape index (κ1) is 10.2. The van der Waals surface area contributed by atoms with Gasteiger partial charge in [0.05, 0.1) is 12.3 Å². The van der Waals surface area contributed by atoms with E-state index in [9.17, 15) is 4.79 Å².